The second kappa shape index (κ2) is 5.30. The molecule has 0 radical (unpaired) electrons. The molecule has 0 aliphatic heterocycles. The van der Waals surface area contributed by atoms with Crippen LogP contribution in [0.1, 0.15) is 11.3 Å². The molecule has 2 heterocycles. The third-order valence-corrected chi connectivity index (χ3v) is 3.90. The summed E-state index contributed by atoms with van der Waals surface area (Å²) in [4.78, 5) is 6.08. The van der Waals surface area contributed by atoms with Gasteiger partial charge in [-0.2, -0.15) is 5.26 Å². The van der Waals surface area contributed by atoms with E-state index in [9.17, 15) is 0 Å². The molecule has 86 valence electrons. The molecular weight excluding hydrogens is 298 g/mol. The lowest BCUT2D eigenvalue weighted by atomic mass is 10.2. The van der Waals surface area contributed by atoms with E-state index in [-0.39, 0.29) is 0 Å². The van der Waals surface area contributed by atoms with Crippen LogP contribution >= 0.6 is 27.3 Å². The van der Waals surface area contributed by atoms with Gasteiger partial charge in [0.15, 0.2) is 5.69 Å². The first kappa shape index (κ1) is 12.1. The molecule has 0 aliphatic rings. The van der Waals surface area contributed by atoms with Gasteiger partial charge in [-0.05, 0) is 45.1 Å². The standard InChI is InChI=1S/C12H10BrN3S/c1-16(7-9-5-12(13)17-8-9)11-3-2-4-15-10(11)6-14/h2-5,8H,7H2,1H3. The second-order valence-electron chi connectivity index (χ2n) is 3.60. The van der Waals surface area contributed by atoms with Crippen LogP contribution in [0, 0.1) is 11.3 Å². The molecule has 0 bridgehead atoms. The van der Waals surface area contributed by atoms with Crippen molar-refractivity contribution in [3.05, 3.63) is 44.8 Å². The summed E-state index contributed by atoms with van der Waals surface area (Å²) >= 11 is 5.10. The van der Waals surface area contributed by atoms with Gasteiger partial charge in [0.05, 0.1) is 9.47 Å². The first-order chi connectivity index (χ1) is 8.20. The van der Waals surface area contributed by atoms with E-state index in [2.05, 4.69) is 38.4 Å². The molecule has 0 aromatic carbocycles. The van der Waals surface area contributed by atoms with Gasteiger partial charge in [0.25, 0.3) is 0 Å². The van der Waals surface area contributed by atoms with Crippen LogP contribution in [0.2, 0.25) is 0 Å². The summed E-state index contributed by atoms with van der Waals surface area (Å²) in [5.74, 6) is 0. The molecule has 0 saturated heterocycles. The first-order valence-electron chi connectivity index (χ1n) is 5.00. The molecule has 0 amide bonds. The minimum atomic E-state index is 0.462. The van der Waals surface area contributed by atoms with E-state index in [0.717, 1.165) is 16.0 Å². The van der Waals surface area contributed by atoms with Crippen LogP contribution in [0.5, 0.6) is 0 Å². The Bertz CT molecular complexity index is 559. The predicted molar refractivity (Wildman–Crippen MR) is 73.1 cm³/mol. The molecule has 2 aromatic rings. The molecular formula is C12H10BrN3S. The van der Waals surface area contributed by atoms with Gasteiger partial charge < -0.3 is 4.90 Å². The van der Waals surface area contributed by atoms with Crippen LogP contribution in [0.3, 0.4) is 0 Å². The monoisotopic (exact) mass is 307 g/mol. The minimum absolute atomic E-state index is 0.462. The number of anilines is 1. The summed E-state index contributed by atoms with van der Waals surface area (Å²) in [7, 11) is 1.96. The molecule has 0 unspecified atom stereocenters. The van der Waals surface area contributed by atoms with Gasteiger partial charge in [-0.3, -0.25) is 0 Å². The Balaban J connectivity index is 2.20. The normalized spacial score (nSPS) is 9.94. The Morgan fingerprint density at radius 2 is 2.41 bits per heavy atom. The summed E-state index contributed by atoms with van der Waals surface area (Å²) in [6.07, 6.45) is 1.64. The van der Waals surface area contributed by atoms with Crippen molar-refractivity contribution in [3.8, 4) is 6.07 Å². The van der Waals surface area contributed by atoms with Gasteiger partial charge in [-0.15, -0.1) is 11.3 Å². The van der Waals surface area contributed by atoms with Gasteiger partial charge in [0, 0.05) is 19.8 Å². The van der Waals surface area contributed by atoms with Gasteiger partial charge >= 0.3 is 0 Å². The third-order valence-electron chi connectivity index (χ3n) is 2.35. The maximum Gasteiger partial charge on any atom is 0.163 e. The summed E-state index contributed by atoms with van der Waals surface area (Å²) in [6.45, 7) is 0.766. The Labute approximate surface area is 112 Å². The van der Waals surface area contributed by atoms with Crippen molar-refractivity contribution in [2.75, 3.05) is 11.9 Å². The molecule has 2 rings (SSSR count). The van der Waals surface area contributed by atoms with Crippen molar-refractivity contribution in [2.45, 2.75) is 6.54 Å². The van der Waals surface area contributed by atoms with Gasteiger partial charge in [-0.25, -0.2) is 4.98 Å². The maximum atomic E-state index is 8.99. The molecule has 0 aliphatic carbocycles. The molecule has 3 nitrogen and oxygen atoms in total. The number of nitriles is 1. The average Bonchev–Trinajstić information content (AvgIpc) is 2.74. The van der Waals surface area contributed by atoms with Crippen LogP contribution in [0.4, 0.5) is 5.69 Å². The summed E-state index contributed by atoms with van der Waals surface area (Å²) in [5.41, 5.74) is 2.54. The molecule has 0 atom stereocenters. The number of hydrogen-bond donors (Lipinski definition) is 0. The van der Waals surface area contributed by atoms with Crippen LogP contribution < -0.4 is 4.90 Å². The van der Waals surface area contributed by atoms with E-state index < -0.39 is 0 Å². The lowest BCUT2D eigenvalue weighted by Gasteiger charge is -2.18. The van der Waals surface area contributed by atoms with Gasteiger partial charge in [-0.1, -0.05) is 0 Å². The van der Waals surface area contributed by atoms with Crippen LogP contribution in [-0.2, 0) is 6.54 Å². The number of hydrogen-bond acceptors (Lipinski definition) is 4. The van der Waals surface area contributed by atoms with Crippen LogP contribution in [0.25, 0.3) is 0 Å². The molecule has 17 heavy (non-hydrogen) atoms. The fraction of sp³-hybridized carbons (Fsp3) is 0.167. The second-order valence-corrected chi connectivity index (χ2v) is 5.89. The Hall–Kier alpha value is -1.38. The highest BCUT2D eigenvalue weighted by atomic mass is 79.9. The fourth-order valence-corrected chi connectivity index (χ4v) is 2.78. The summed E-state index contributed by atoms with van der Waals surface area (Å²) in [6, 6.07) is 7.95. The number of nitrogens with zero attached hydrogens (tertiary/aromatic N) is 3. The SMILES string of the molecule is CN(Cc1csc(Br)c1)c1cccnc1C#N. The smallest absolute Gasteiger partial charge is 0.163 e. The van der Waals surface area contributed by atoms with E-state index in [1.54, 1.807) is 17.5 Å². The van der Waals surface area contributed by atoms with Crippen molar-refractivity contribution < 1.29 is 0 Å². The largest absolute Gasteiger partial charge is 0.368 e. The zero-order chi connectivity index (χ0) is 12.3. The minimum Gasteiger partial charge on any atom is -0.368 e. The molecule has 0 N–H and O–H groups in total. The molecule has 2 aromatic heterocycles. The van der Waals surface area contributed by atoms with E-state index >= 15 is 0 Å². The lowest BCUT2D eigenvalue weighted by molar-refractivity contribution is 0.918. The number of thiophene rings is 1. The summed E-state index contributed by atoms with van der Waals surface area (Å²) in [5, 5.41) is 11.1. The fourth-order valence-electron chi connectivity index (χ4n) is 1.58. The predicted octanol–water partition coefficient (Wildman–Crippen LogP) is 3.41. The topological polar surface area (TPSA) is 39.9 Å². The van der Waals surface area contributed by atoms with Crippen LogP contribution in [0.15, 0.2) is 33.6 Å². The van der Waals surface area contributed by atoms with Gasteiger partial charge in [0.1, 0.15) is 6.07 Å². The van der Waals surface area contributed by atoms with Crippen molar-refractivity contribution in [3.63, 3.8) is 0 Å². The van der Waals surface area contributed by atoms with Crippen molar-refractivity contribution in [1.82, 2.24) is 4.98 Å². The molecule has 0 spiro atoms. The van der Waals surface area contributed by atoms with E-state index in [1.807, 2.05) is 24.1 Å². The maximum absolute atomic E-state index is 8.99. The van der Waals surface area contributed by atoms with E-state index in [1.165, 1.54) is 5.56 Å². The number of aromatic nitrogens is 1. The Kier molecular flexibility index (Phi) is 3.77. The highest BCUT2D eigenvalue weighted by Gasteiger charge is 2.08. The lowest BCUT2D eigenvalue weighted by Crippen LogP contribution is -2.17. The quantitative estimate of drug-likeness (QED) is 0.872. The molecule has 0 fully saturated rings. The van der Waals surface area contributed by atoms with Crippen molar-refractivity contribution >= 4 is 33.0 Å². The van der Waals surface area contributed by atoms with Crippen molar-refractivity contribution in [2.24, 2.45) is 0 Å². The van der Waals surface area contributed by atoms with E-state index in [0.29, 0.717) is 5.69 Å². The zero-order valence-electron chi connectivity index (χ0n) is 9.22. The zero-order valence-corrected chi connectivity index (χ0v) is 11.6. The van der Waals surface area contributed by atoms with Crippen LogP contribution in [-0.4, -0.2) is 12.0 Å². The Morgan fingerprint density at radius 3 is 3.06 bits per heavy atom. The highest BCUT2D eigenvalue weighted by molar-refractivity contribution is 9.11. The molecule has 5 heteroatoms. The first-order valence-corrected chi connectivity index (χ1v) is 6.67. The van der Waals surface area contributed by atoms with Crippen molar-refractivity contribution in [1.29, 1.82) is 5.26 Å². The number of halogens is 1. The van der Waals surface area contributed by atoms with Gasteiger partial charge in [0.2, 0.25) is 0 Å². The van der Waals surface area contributed by atoms with E-state index in [4.69, 9.17) is 5.26 Å². The Morgan fingerprint density at radius 1 is 1.59 bits per heavy atom. The number of pyridine rings is 1. The molecule has 0 saturated carbocycles. The summed E-state index contributed by atoms with van der Waals surface area (Å²) < 4.78 is 1.12. The highest BCUT2D eigenvalue weighted by Crippen LogP contribution is 2.24. The average molecular weight is 308 g/mol. The third kappa shape index (κ3) is 2.84. The number of rotatable bonds is 3.